The fourth-order valence-electron chi connectivity index (χ4n) is 7.57. The minimum Gasteiger partial charge on any atom is -0.461 e. The van der Waals surface area contributed by atoms with Gasteiger partial charge in [-0.3, -0.25) is 4.90 Å². The Bertz CT molecular complexity index is 2040. The molecular formula is C32H28F8N6O2S. The van der Waals surface area contributed by atoms with Crippen molar-refractivity contribution < 1.29 is 45.0 Å². The number of aliphatic hydroxyl groups excluding tert-OH is 1. The van der Waals surface area contributed by atoms with Crippen molar-refractivity contribution in [3.8, 4) is 23.2 Å². The fraction of sp³-hybridized carbons (Fsp3) is 0.469. The van der Waals surface area contributed by atoms with E-state index in [2.05, 4.69) is 9.97 Å². The molecule has 0 spiro atoms. The third-order valence-electron chi connectivity index (χ3n) is 10.1. The van der Waals surface area contributed by atoms with Gasteiger partial charge in [0.05, 0.1) is 44.6 Å². The molecule has 0 amide bonds. The SMILES string of the molecule is C[C@]1(CO)CCN1c1nc(OC[C@@]23CCCN2C[C@H](F)C3)nc2c(C(F)(F)F)c(-c3ccc(F)c4sc(N)c(C#N)c34)c(C(F)(F)F)cc12. The highest BCUT2D eigenvalue weighted by Gasteiger charge is 2.50. The normalized spacial score (nSPS) is 24.4. The fourth-order valence-corrected chi connectivity index (χ4v) is 8.52. The van der Waals surface area contributed by atoms with E-state index in [9.17, 15) is 32.3 Å². The molecule has 3 aliphatic heterocycles. The molecule has 260 valence electrons. The van der Waals surface area contributed by atoms with Crippen LogP contribution in [0.5, 0.6) is 6.01 Å². The number of thiophene rings is 1. The second kappa shape index (κ2) is 11.3. The summed E-state index contributed by atoms with van der Waals surface area (Å²) in [6, 6.07) is 3.10. The number of alkyl halides is 7. The average Bonchev–Trinajstić information content (AvgIpc) is 3.66. The molecule has 3 N–H and O–H groups in total. The van der Waals surface area contributed by atoms with Gasteiger partial charge in [0.25, 0.3) is 0 Å². The summed E-state index contributed by atoms with van der Waals surface area (Å²) in [5.74, 6) is -1.30. The van der Waals surface area contributed by atoms with Gasteiger partial charge >= 0.3 is 18.4 Å². The van der Waals surface area contributed by atoms with Gasteiger partial charge in [0.2, 0.25) is 0 Å². The number of rotatable bonds is 6. The van der Waals surface area contributed by atoms with Gasteiger partial charge in [-0.15, -0.1) is 11.3 Å². The molecule has 2 aromatic heterocycles. The van der Waals surface area contributed by atoms with Gasteiger partial charge in [0, 0.05) is 35.8 Å². The van der Waals surface area contributed by atoms with Crippen LogP contribution in [-0.4, -0.2) is 70.1 Å². The van der Waals surface area contributed by atoms with E-state index in [1.54, 1.807) is 13.0 Å². The monoisotopic (exact) mass is 712 g/mol. The number of anilines is 2. The van der Waals surface area contributed by atoms with Gasteiger partial charge in [0.1, 0.15) is 35.5 Å². The average molecular weight is 713 g/mol. The van der Waals surface area contributed by atoms with Crippen molar-refractivity contribution in [2.24, 2.45) is 0 Å². The Balaban J connectivity index is 1.55. The molecule has 3 atom stereocenters. The molecule has 4 aromatic rings. The first-order valence-electron chi connectivity index (χ1n) is 15.4. The molecule has 0 radical (unpaired) electrons. The first-order chi connectivity index (χ1) is 23.0. The maximum Gasteiger partial charge on any atom is 0.419 e. The molecule has 3 saturated heterocycles. The third kappa shape index (κ3) is 5.21. The molecule has 0 bridgehead atoms. The predicted molar refractivity (Wildman–Crippen MR) is 165 cm³/mol. The lowest BCUT2D eigenvalue weighted by Crippen LogP contribution is -2.61. The molecule has 3 aliphatic rings. The van der Waals surface area contributed by atoms with Crippen LogP contribution in [0.2, 0.25) is 0 Å². The lowest BCUT2D eigenvalue weighted by molar-refractivity contribution is -0.141. The first kappa shape index (κ1) is 33.5. The number of fused-ring (bicyclic) bond motifs is 3. The lowest BCUT2D eigenvalue weighted by atomic mass is 9.85. The molecule has 5 heterocycles. The topological polar surface area (TPSA) is 112 Å². The van der Waals surface area contributed by atoms with Gasteiger partial charge in [-0.2, -0.15) is 41.6 Å². The molecule has 8 nitrogen and oxygen atoms in total. The molecule has 2 aromatic carbocycles. The highest BCUT2D eigenvalue weighted by Crippen LogP contribution is 2.53. The number of hydrogen-bond acceptors (Lipinski definition) is 9. The maximum absolute atomic E-state index is 15.4. The number of hydrogen-bond donors (Lipinski definition) is 2. The van der Waals surface area contributed by atoms with Crippen molar-refractivity contribution in [2.45, 2.75) is 62.2 Å². The highest BCUT2D eigenvalue weighted by molar-refractivity contribution is 7.23. The smallest absolute Gasteiger partial charge is 0.419 e. The lowest BCUT2D eigenvalue weighted by Gasteiger charge is -2.50. The summed E-state index contributed by atoms with van der Waals surface area (Å²) in [5, 5.41) is 18.5. The van der Waals surface area contributed by atoms with Crippen molar-refractivity contribution in [1.29, 1.82) is 5.26 Å². The standard InChI is InChI=1S/C32H28F8N6O2S/c1-29(13-47)6-8-46(29)27-17-9-19(31(35,36)37)22(16-3-4-20(34)25-21(16)18(11-41)26(42)49-25)23(32(38,39)40)24(17)43-28(44-27)48-14-30-5-2-7-45(30)12-15(33)10-30/h3-4,9,15,47H,2,5-8,10,12-14,42H2,1H3/t15-,29-,30+/m1/s1. The number of aliphatic hydroxyl groups is 1. The van der Waals surface area contributed by atoms with Crippen LogP contribution in [0.4, 0.5) is 45.9 Å². The summed E-state index contributed by atoms with van der Waals surface area (Å²) in [7, 11) is 0. The van der Waals surface area contributed by atoms with E-state index in [-0.39, 0.29) is 41.6 Å². The Morgan fingerprint density at radius 3 is 2.53 bits per heavy atom. The number of nitrogens with two attached hydrogens (primary N) is 1. The molecule has 0 unspecified atom stereocenters. The van der Waals surface area contributed by atoms with Crippen LogP contribution < -0.4 is 15.4 Å². The highest BCUT2D eigenvalue weighted by atomic mass is 32.1. The summed E-state index contributed by atoms with van der Waals surface area (Å²) in [6.07, 6.45) is -10.2. The van der Waals surface area contributed by atoms with E-state index >= 15 is 13.2 Å². The summed E-state index contributed by atoms with van der Waals surface area (Å²) < 4.78 is 126. The second-order valence-electron chi connectivity index (χ2n) is 13.1. The largest absolute Gasteiger partial charge is 0.461 e. The van der Waals surface area contributed by atoms with Crippen LogP contribution in [-0.2, 0) is 12.4 Å². The Labute approximate surface area is 277 Å². The summed E-state index contributed by atoms with van der Waals surface area (Å²) in [6.45, 7) is 1.84. The first-order valence-corrected chi connectivity index (χ1v) is 16.2. The minimum atomic E-state index is -5.49. The number of halogens is 8. The predicted octanol–water partition coefficient (Wildman–Crippen LogP) is 7.06. The molecule has 17 heteroatoms. The van der Waals surface area contributed by atoms with Gasteiger partial charge in [-0.1, -0.05) is 6.07 Å². The number of nitriles is 1. The second-order valence-corrected chi connectivity index (χ2v) is 14.1. The summed E-state index contributed by atoms with van der Waals surface area (Å²) >= 11 is 0.528. The number of nitrogen functional groups attached to an aromatic ring is 1. The maximum atomic E-state index is 15.4. The van der Waals surface area contributed by atoms with Gasteiger partial charge < -0.3 is 20.5 Å². The Kier molecular flexibility index (Phi) is 7.69. The van der Waals surface area contributed by atoms with Crippen molar-refractivity contribution in [3.63, 3.8) is 0 Å². The summed E-state index contributed by atoms with van der Waals surface area (Å²) in [5.41, 5.74) is -2.95. The number of ether oxygens (including phenoxy) is 1. The van der Waals surface area contributed by atoms with Crippen molar-refractivity contribution >= 4 is 43.1 Å². The zero-order valence-electron chi connectivity index (χ0n) is 25.8. The van der Waals surface area contributed by atoms with E-state index in [1.807, 2.05) is 4.90 Å². The molecule has 49 heavy (non-hydrogen) atoms. The zero-order chi connectivity index (χ0) is 35.3. The zero-order valence-corrected chi connectivity index (χ0v) is 26.6. The molecular weight excluding hydrogens is 684 g/mol. The van der Waals surface area contributed by atoms with Crippen LogP contribution >= 0.6 is 11.3 Å². The molecule has 0 saturated carbocycles. The van der Waals surface area contributed by atoms with Crippen LogP contribution in [0.3, 0.4) is 0 Å². The molecule has 3 fully saturated rings. The Morgan fingerprint density at radius 2 is 1.90 bits per heavy atom. The van der Waals surface area contributed by atoms with E-state index in [0.29, 0.717) is 36.8 Å². The van der Waals surface area contributed by atoms with Crippen molar-refractivity contribution in [2.75, 3.05) is 43.5 Å². The van der Waals surface area contributed by atoms with Crippen LogP contribution in [0, 0.1) is 17.1 Å². The third-order valence-corrected chi connectivity index (χ3v) is 11.1. The van der Waals surface area contributed by atoms with Gasteiger partial charge in [-0.25, -0.2) is 8.78 Å². The van der Waals surface area contributed by atoms with E-state index in [0.717, 1.165) is 18.6 Å². The minimum absolute atomic E-state index is 0.126. The van der Waals surface area contributed by atoms with E-state index in [4.69, 9.17) is 10.5 Å². The number of nitrogens with zero attached hydrogens (tertiary/aromatic N) is 5. The number of benzene rings is 2. The quantitative estimate of drug-likeness (QED) is 0.205. The van der Waals surface area contributed by atoms with E-state index < -0.39 is 92.1 Å². The molecule has 0 aliphatic carbocycles. The van der Waals surface area contributed by atoms with Crippen molar-refractivity contribution in [3.05, 3.63) is 40.7 Å². The number of aromatic nitrogens is 2. The van der Waals surface area contributed by atoms with Gasteiger partial charge in [0.15, 0.2) is 0 Å². The van der Waals surface area contributed by atoms with Crippen LogP contribution in [0.15, 0.2) is 18.2 Å². The van der Waals surface area contributed by atoms with Crippen LogP contribution in [0.25, 0.3) is 32.1 Å². The Hall–Kier alpha value is -4.01. The summed E-state index contributed by atoms with van der Waals surface area (Å²) in [4.78, 5) is 11.7. The van der Waals surface area contributed by atoms with Crippen LogP contribution in [0.1, 0.15) is 49.3 Å². The Morgan fingerprint density at radius 1 is 1.14 bits per heavy atom. The molecule has 7 rings (SSSR count). The van der Waals surface area contributed by atoms with Crippen molar-refractivity contribution in [1.82, 2.24) is 14.9 Å². The van der Waals surface area contributed by atoms with Gasteiger partial charge in [-0.05, 0) is 50.4 Å². The van der Waals surface area contributed by atoms with E-state index in [1.165, 1.54) is 4.90 Å².